The van der Waals surface area contributed by atoms with Crippen LogP contribution in [-0.4, -0.2) is 5.97 Å². The lowest BCUT2D eigenvalue weighted by Gasteiger charge is -2.11. The zero-order valence-electron chi connectivity index (χ0n) is 10.8. The molecule has 2 aromatic rings. The lowest BCUT2D eigenvalue weighted by atomic mass is 10.1. The summed E-state index contributed by atoms with van der Waals surface area (Å²) in [7, 11) is 0. The number of ether oxygens (including phenoxy) is 1. The number of hydrogen-bond acceptors (Lipinski definition) is 4. The monoisotopic (exact) mass is 246 g/mol. The Kier molecular flexibility index (Phi) is 2.95. The van der Waals surface area contributed by atoms with E-state index >= 15 is 0 Å². The first-order valence-electron chi connectivity index (χ1n) is 5.63. The summed E-state index contributed by atoms with van der Waals surface area (Å²) in [5.41, 5.74) is 1.87. The fraction of sp³-hybridized carbons (Fsp3) is 0.286. The normalized spacial score (nSPS) is 10.7. The van der Waals surface area contributed by atoms with Crippen LogP contribution in [0.4, 0.5) is 0 Å². The third-order valence-electron chi connectivity index (χ3n) is 2.69. The van der Waals surface area contributed by atoms with Crippen LogP contribution in [0, 0.1) is 20.8 Å². The molecule has 0 saturated carbocycles. The van der Waals surface area contributed by atoms with Crippen LogP contribution in [-0.2, 0) is 4.79 Å². The predicted molar refractivity (Wildman–Crippen MR) is 68.0 cm³/mol. The number of aryl methyl sites for hydroxylation is 3. The minimum absolute atomic E-state index is 0.197. The van der Waals surface area contributed by atoms with Crippen molar-refractivity contribution in [3.8, 4) is 5.75 Å². The van der Waals surface area contributed by atoms with Crippen LogP contribution in [0.1, 0.15) is 23.8 Å². The molecule has 94 valence electrons. The highest BCUT2D eigenvalue weighted by Gasteiger charge is 2.16. The van der Waals surface area contributed by atoms with Gasteiger partial charge in [0.15, 0.2) is 5.43 Å². The molecule has 0 aliphatic rings. The summed E-state index contributed by atoms with van der Waals surface area (Å²) < 4.78 is 10.7. The highest BCUT2D eigenvalue weighted by Crippen LogP contribution is 2.30. The summed E-state index contributed by atoms with van der Waals surface area (Å²) in [6.45, 7) is 6.67. The Labute approximate surface area is 104 Å². The minimum Gasteiger partial charge on any atom is -0.461 e. The van der Waals surface area contributed by atoms with Gasteiger partial charge in [0.1, 0.15) is 22.5 Å². The third kappa shape index (κ3) is 2.01. The van der Waals surface area contributed by atoms with Gasteiger partial charge in [-0.25, -0.2) is 0 Å². The van der Waals surface area contributed by atoms with E-state index in [9.17, 15) is 9.59 Å². The van der Waals surface area contributed by atoms with E-state index in [0.717, 1.165) is 11.1 Å². The van der Waals surface area contributed by atoms with Crippen molar-refractivity contribution in [2.24, 2.45) is 0 Å². The Morgan fingerprint density at radius 2 is 1.83 bits per heavy atom. The second-order valence-electron chi connectivity index (χ2n) is 4.36. The topological polar surface area (TPSA) is 56.5 Å². The Balaban J connectivity index is 2.93. The van der Waals surface area contributed by atoms with Crippen molar-refractivity contribution in [1.29, 1.82) is 0 Å². The maximum absolute atomic E-state index is 12.1. The molecule has 0 fully saturated rings. The van der Waals surface area contributed by atoms with Gasteiger partial charge in [-0.05, 0) is 38.0 Å². The number of benzene rings is 1. The first-order chi connectivity index (χ1) is 8.40. The van der Waals surface area contributed by atoms with Gasteiger partial charge in [0.05, 0.1) is 0 Å². The van der Waals surface area contributed by atoms with Crippen molar-refractivity contribution in [2.75, 3.05) is 0 Å². The first kappa shape index (κ1) is 12.4. The van der Waals surface area contributed by atoms with Crippen LogP contribution in [0.5, 0.6) is 5.75 Å². The second-order valence-corrected chi connectivity index (χ2v) is 4.36. The Bertz CT molecular complexity index is 695. The summed E-state index contributed by atoms with van der Waals surface area (Å²) in [4.78, 5) is 23.2. The van der Waals surface area contributed by atoms with Crippen LogP contribution >= 0.6 is 0 Å². The third-order valence-corrected chi connectivity index (χ3v) is 2.69. The van der Waals surface area contributed by atoms with E-state index in [1.54, 1.807) is 13.8 Å². The SMILES string of the molecule is CC(=O)Oc1c(C)cc(C)c2oc(C)cc(=O)c12. The lowest BCUT2D eigenvalue weighted by molar-refractivity contribution is -0.131. The van der Waals surface area contributed by atoms with E-state index in [0.29, 0.717) is 16.7 Å². The molecule has 0 atom stereocenters. The van der Waals surface area contributed by atoms with E-state index < -0.39 is 5.97 Å². The van der Waals surface area contributed by atoms with Gasteiger partial charge < -0.3 is 9.15 Å². The fourth-order valence-corrected chi connectivity index (χ4v) is 2.03. The average molecular weight is 246 g/mol. The molecule has 18 heavy (non-hydrogen) atoms. The summed E-state index contributed by atoms with van der Waals surface area (Å²) in [5, 5.41) is 0.327. The summed E-state index contributed by atoms with van der Waals surface area (Å²) >= 11 is 0. The molecule has 0 aliphatic carbocycles. The lowest BCUT2D eigenvalue weighted by Crippen LogP contribution is -2.09. The molecule has 0 aliphatic heterocycles. The number of fused-ring (bicyclic) bond motifs is 1. The van der Waals surface area contributed by atoms with Crippen LogP contribution in [0.3, 0.4) is 0 Å². The van der Waals surface area contributed by atoms with E-state index in [4.69, 9.17) is 9.15 Å². The van der Waals surface area contributed by atoms with Gasteiger partial charge in [-0.1, -0.05) is 0 Å². The highest BCUT2D eigenvalue weighted by molar-refractivity contribution is 5.89. The van der Waals surface area contributed by atoms with Gasteiger partial charge in [-0.15, -0.1) is 0 Å². The van der Waals surface area contributed by atoms with Crippen molar-refractivity contribution in [2.45, 2.75) is 27.7 Å². The molecule has 1 heterocycles. The van der Waals surface area contributed by atoms with Crippen LogP contribution in [0.25, 0.3) is 11.0 Å². The molecule has 0 spiro atoms. The number of carbonyl (C=O) groups is 1. The molecule has 0 bridgehead atoms. The molecular weight excluding hydrogens is 232 g/mol. The highest BCUT2D eigenvalue weighted by atomic mass is 16.5. The standard InChI is InChI=1S/C14H14O4/c1-7-5-8(2)14(18-10(4)15)12-11(16)6-9(3)17-13(7)12/h5-6H,1-4H3. The van der Waals surface area contributed by atoms with Crippen LogP contribution in [0.15, 0.2) is 21.3 Å². The van der Waals surface area contributed by atoms with Gasteiger partial charge in [-0.2, -0.15) is 0 Å². The summed E-state index contributed by atoms with van der Waals surface area (Å²) in [6.07, 6.45) is 0. The molecule has 2 rings (SSSR count). The summed E-state index contributed by atoms with van der Waals surface area (Å²) in [5.74, 6) is 0.369. The Morgan fingerprint density at radius 1 is 1.17 bits per heavy atom. The number of hydrogen-bond donors (Lipinski definition) is 0. The predicted octanol–water partition coefficient (Wildman–Crippen LogP) is 2.64. The maximum atomic E-state index is 12.1. The number of esters is 1. The van der Waals surface area contributed by atoms with Crippen LogP contribution < -0.4 is 10.2 Å². The Morgan fingerprint density at radius 3 is 2.44 bits per heavy atom. The molecule has 0 unspecified atom stereocenters. The van der Waals surface area contributed by atoms with Crippen molar-refractivity contribution >= 4 is 16.9 Å². The molecule has 0 N–H and O–H groups in total. The van der Waals surface area contributed by atoms with Crippen molar-refractivity contribution < 1.29 is 13.9 Å². The van der Waals surface area contributed by atoms with E-state index in [1.165, 1.54) is 13.0 Å². The van der Waals surface area contributed by atoms with Crippen molar-refractivity contribution in [3.63, 3.8) is 0 Å². The van der Waals surface area contributed by atoms with Crippen LogP contribution in [0.2, 0.25) is 0 Å². The summed E-state index contributed by atoms with van der Waals surface area (Å²) in [6, 6.07) is 3.23. The Hall–Kier alpha value is -2.10. The van der Waals surface area contributed by atoms with Gasteiger partial charge in [0.2, 0.25) is 0 Å². The molecule has 1 aromatic carbocycles. The molecular formula is C14H14O4. The van der Waals surface area contributed by atoms with E-state index in [1.807, 2.05) is 13.0 Å². The van der Waals surface area contributed by atoms with Gasteiger partial charge in [0.25, 0.3) is 0 Å². The van der Waals surface area contributed by atoms with E-state index in [2.05, 4.69) is 0 Å². The molecule has 0 saturated heterocycles. The second kappa shape index (κ2) is 4.29. The quantitative estimate of drug-likeness (QED) is 0.573. The minimum atomic E-state index is -0.455. The molecule has 4 heteroatoms. The van der Waals surface area contributed by atoms with Crippen molar-refractivity contribution in [3.05, 3.63) is 39.2 Å². The molecule has 0 amide bonds. The maximum Gasteiger partial charge on any atom is 0.308 e. The smallest absolute Gasteiger partial charge is 0.308 e. The molecule has 1 aromatic heterocycles. The van der Waals surface area contributed by atoms with Gasteiger partial charge >= 0.3 is 5.97 Å². The zero-order valence-corrected chi connectivity index (χ0v) is 10.8. The zero-order chi connectivity index (χ0) is 13.4. The number of carbonyl (C=O) groups excluding carboxylic acids is 1. The van der Waals surface area contributed by atoms with Crippen molar-refractivity contribution in [1.82, 2.24) is 0 Å². The average Bonchev–Trinajstić information content (AvgIpc) is 2.23. The van der Waals surface area contributed by atoms with E-state index in [-0.39, 0.29) is 11.2 Å². The number of rotatable bonds is 1. The first-order valence-corrected chi connectivity index (χ1v) is 5.63. The molecule has 4 nitrogen and oxygen atoms in total. The largest absolute Gasteiger partial charge is 0.461 e. The fourth-order valence-electron chi connectivity index (χ4n) is 2.03. The van der Waals surface area contributed by atoms with Gasteiger partial charge in [-0.3, -0.25) is 9.59 Å². The molecule has 0 radical (unpaired) electrons. The van der Waals surface area contributed by atoms with Gasteiger partial charge in [0, 0.05) is 13.0 Å².